The van der Waals surface area contributed by atoms with Gasteiger partial charge < -0.3 is 10.8 Å². The van der Waals surface area contributed by atoms with Crippen molar-refractivity contribution in [3.63, 3.8) is 0 Å². The molecule has 19 heavy (non-hydrogen) atoms. The average Bonchev–Trinajstić information content (AvgIpc) is 2.33. The number of carboxylic acids is 1. The number of amides is 1. The molecule has 2 rings (SSSR count). The number of hydrogen-bond acceptors (Lipinski definition) is 3. The molecule has 102 valence electrons. The summed E-state index contributed by atoms with van der Waals surface area (Å²) < 4.78 is 0. The van der Waals surface area contributed by atoms with Crippen LogP contribution >= 0.6 is 11.6 Å². The van der Waals surface area contributed by atoms with Gasteiger partial charge in [-0.05, 0) is 43.5 Å². The lowest BCUT2D eigenvalue weighted by Gasteiger charge is -2.40. The fourth-order valence-corrected chi connectivity index (χ4v) is 2.20. The van der Waals surface area contributed by atoms with Crippen LogP contribution in [-0.2, 0) is 9.59 Å². The predicted molar refractivity (Wildman–Crippen MR) is 72.2 cm³/mol. The number of nitrogens with zero attached hydrogens (tertiary/aromatic N) is 1. The molecule has 1 fully saturated rings. The zero-order valence-corrected chi connectivity index (χ0v) is 11.1. The van der Waals surface area contributed by atoms with Crippen molar-refractivity contribution in [1.82, 2.24) is 0 Å². The molecule has 0 heterocycles. The molecule has 1 amide bonds. The Kier molecular flexibility index (Phi) is 3.78. The van der Waals surface area contributed by atoms with Crippen LogP contribution in [0.4, 0.5) is 5.69 Å². The lowest BCUT2D eigenvalue weighted by Crippen LogP contribution is -2.60. The summed E-state index contributed by atoms with van der Waals surface area (Å²) in [6.45, 7) is -0.403. The van der Waals surface area contributed by atoms with Gasteiger partial charge in [0.25, 0.3) is 0 Å². The minimum atomic E-state index is -1.08. The molecular weight excluding hydrogens is 268 g/mol. The third-order valence-electron chi connectivity index (χ3n) is 3.35. The zero-order chi connectivity index (χ0) is 14.0. The molecular formula is C13H15ClN2O3. The number of nitrogens with two attached hydrogens (primary N) is 1. The molecule has 3 N–H and O–H groups in total. The van der Waals surface area contributed by atoms with Crippen molar-refractivity contribution < 1.29 is 14.7 Å². The Morgan fingerprint density at radius 1 is 1.32 bits per heavy atom. The third kappa shape index (κ3) is 2.88. The Labute approximate surface area is 116 Å². The van der Waals surface area contributed by atoms with Crippen molar-refractivity contribution >= 4 is 29.2 Å². The monoisotopic (exact) mass is 282 g/mol. The fraction of sp³-hybridized carbons (Fsp3) is 0.385. The van der Waals surface area contributed by atoms with Crippen molar-refractivity contribution in [2.24, 2.45) is 5.73 Å². The van der Waals surface area contributed by atoms with E-state index in [9.17, 15) is 9.59 Å². The molecule has 0 spiro atoms. The van der Waals surface area contributed by atoms with E-state index in [1.807, 2.05) is 0 Å². The molecule has 0 radical (unpaired) electrons. The van der Waals surface area contributed by atoms with Crippen LogP contribution in [-0.4, -0.2) is 29.1 Å². The standard InChI is InChI=1S/C13H15ClN2O3/c14-9-2-4-10(5-3-9)16(8-11(17)18)12(19)13(15)6-1-7-13/h2-5H,1,6-8,15H2,(H,17,18). The van der Waals surface area contributed by atoms with Crippen LogP contribution in [0.25, 0.3) is 0 Å². The zero-order valence-electron chi connectivity index (χ0n) is 10.3. The van der Waals surface area contributed by atoms with E-state index in [0.29, 0.717) is 23.6 Å². The van der Waals surface area contributed by atoms with Crippen molar-refractivity contribution in [2.75, 3.05) is 11.4 Å². The van der Waals surface area contributed by atoms with E-state index in [4.69, 9.17) is 22.4 Å². The summed E-state index contributed by atoms with van der Waals surface area (Å²) in [5.41, 5.74) is 5.55. The largest absolute Gasteiger partial charge is 0.480 e. The number of rotatable bonds is 4. The second-order valence-electron chi connectivity index (χ2n) is 4.77. The van der Waals surface area contributed by atoms with Crippen molar-refractivity contribution in [3.8, 4) is 0 Å². The van der Waals surface area contributed by atoms with Crippen LogP contribution in [0.5, 0.6) is 0 Å². The first-order chi connectivity index (χ1) is 8.92. The van der Waals surface area contributed by atoms with Crippen molar-refractivity contribution in [2.45, 2.75) is 24.8 Å². The highest BCUT2D eigenvalue weighted by molar-refractivity contribution is 6.30. The van der Waals surface area contributed by atoms with Gasteiger partial charge in [0.15, 0.2) is 0 Å². The number of halogens is 1. The third-order valence-corrected chi connectivity index (χ3v) is 3.60. The summed E-state index contributed by atoms with van der Waals surface area (Å²) in [6.07, 6.45) is 2.08. The normalized spacial score (nSPS) is 16.5. The lowest BCUT2D eigenvalue weighted by atomic mass is 9.76. The Hall–Kier alpha value is -1.59. The number of aliphatic carboxylic acids is 1. The van der Waals surface area contributed by atoms with E-state index in [2.05, 4.69) is 0 Å². The number of hydrogen-bond donors (Lipinski definition) is 2. The minimum absolute atomic E-state index is 0.344. The van der Waals surface area contributed by atoms with Crippen molar-refractivity contribution in [1.29, 1.82) is 0 Å². The van der Waals surface area contributed by atoms with Crippen LogP contribution in [0.3, 0.4) is 0 Å². The summed E-state index contributed by atoms with van der Waals surface area (Å²) in [4.78, 5) is 24.5. The summed E-state index contributed by atoms with van der Waals surface area (Å²) >= 11 is 5.79. The van der Waals surface area contributed by atoms with Gasteiger partial charge in [-0.15, -0.1) is 0 Å². The van der Waals surface area contributed by atoms with Gasteiger partial charge in [-0.3, -0.25) is 14.5 Å². The van der Waals surface area contributed by atoms with Gasteiger partial charge in [-0.25, -0.2) is 0 Å². The first-order valence-corrected chi connectivity index (χ1v) is 6.38. The summed E-state index contributed by atoms with van der Waals surface area (Å²) in [5, 5.41) is 9.47. The molecule has 1 aromatic rings. The van der Waals surface area contributed by atoms with E-state index in [-0.39, 0.29) is 5.91 Å². The molecule has 5 nitrogen and oxygen atoms in total. The average molecular weight is 283 g/mol. The summed E-state index contributed by atoms with van der Waals surface area (Å²) in [6, 6.07) is 6.46. The molecule has 0 aliphatic heterocycles. The number of carbonyl (C=O) groups excluding carboxylic acids is 1. The molecule has 0 saturated heterocycles. The lowest BCUT2D eigenvalue weighted by molar-refractivity contribution is -0.137. The minimum Gasteiger partial charge on any atom is -0.480 e. The molecule has 0 bridgehead atoms. The molecule has 0 unspecified atom stereocenters. The van der Waals surface area contributed by atoms with Gasteiger partial charge in [0, 0.05) is 10.7 Å². The van der Waals surface area contributed by atoms with Crippen LogP contribution in [0.1, 0.15) is 19.3 Å². The smallest absolute Gasteiger partial charge is 0.323 e. The van der Waals surface area contributed by atoms with Gasteiger partial charge >= 0.3 is 5.97 Å². The van der Waals surface area contributed by atoms with Crippen LogP contribution in [0.15, 0.2) is 24.3 Å². The SMILES string of the molecule is NC1(C(=O)N(CC(=O)O)c2ccc(Cl)cc2)CCC1. The fourth-order valence-electron chi connectivity index (χ4n) is 2.08. The quantitative estimate of drug-likeness (QED) is 0.879. The van der Waals surface area contributed by atoms with Crippen LogP contribution in [0.2, 0.25) is 5.02 Å². The van der Waals surface area contributed by atoms with E-state index < -0.39 is 18.1 Å². The first kappa shape index (κ1) is 13.8. The predicted octanol–water partition coefficient (Wildman–Crippen LogP) is 1.64. The molecule has 1 aromatic carbocycles. The van der Waals surface area contributed by atoms with E-state index in [1.165, 1.54) is 4.90 Å². The van der Waals surface area contributed by atoms with Crippen LogP contribution in [0, 0.1) is 0 Å². The molecule has 1 saturated carbocycles. The Balaban J connectivity index is 2.27. The first-order valence-electron chi connectivity index (χ1n) is 6.00. The highest BCUT2D eigenvalue weighted by Crippen LogP contribution is 2.32. The Bertz CT molecular complexity index is 497. The highest BCUT2D eigenvalue weighted by atomic mass is 35.5. The molecule has 1 aliphatic rings. The maximum atomic E-state index is 12.4. The van der Waals surface area contributed by atoms with E-state index in [0.717, 1.165) is 6.42 Å². The second kappa shape index (κ2) is 5.19. The van der Waals surface area contributed by atoms with Gasteiger partial charge in [0.1, 0.15) is 6.54 Å². The van der Waals surface area contributed by atoms with Gasteiger partial charge in [0.2, 0.25) is 5.91 Å². The van der Waals surface area contributed by atoms with Crippen LogP contribution < -0.4 is 10.6 Å². The number of anilines is 1. The van der Waals surface area contributed by atoms with Crippen molar-refractivity contribution in [3.05, 3.63) is 29.3 Å². The van der Waals surface area contributed by atoms with Gasteiger partial charge in [0.05, 0.1) is 5.54 Å². The number of carboxylic acid groups (broad SMARTS) is 1. The summed E-state index contributed by atoms with van der Waals surface area (Å²) in [5.74, 6) is -1.42. The van der Waals surface area contributed by atoms with E-state index in [1.54, 1.807) is 24.3 Å². The molecule has 1 aliphatic carbocycles. The maximum absolute atomic E-state index is 12.4. The maximum Gasteiger partial charge on any atom is 0.323 e. The van der Waals surface area contributed by atoms with Gasteiger partial charge in [-0.2, -0.15) is 0 Å². The molecule has 0 aromatic heterocycles. The Morgan fingerprint density at radius 2 is 1.89 bits per heavy atom. The topological polar surface area (TPSA) is 83.6 Å². The molecule has 6 heteroatoms. The Morgan fingerprint density at radius 3 is 2.32 bits per heavy atom. The summed E-state index contributed by atoms with van der Waals surface area (Å²) in [7, 11) is 0. The number of benzene rings is 1. The highest BCUT2D eigenvalue weighted by Gasteiger charge is 2.43. The second-order valence-corrected chi connectivity index (χ2v) is 5.21. The number of carbonyl (C=O) groups is 2. The van der Waals surface area contributed by atoms with E-state index >= 15 is 0 Å². The molecule has 0 atom stereocenters. The van der Waals surface area contributed by atoms with Gasteiger partial charge in [-0.1, -0.05) is 11.6 Å².